The molecule has 0 radical (unpaired) electrons. The van der Waals surface area contributed by atoms with Gasteiger partial charge >= 0.3 is 0 Å². The van der Waals surface area contributed by atoms with Gasteiger partial charge in [0.05, 0.1) is 12.2 Å². The molecular formula is C26H38N4O3S. The Morgan fingerprint density at radius 3 is 2.50 bits per heavy atom. The largest absolute Gasteiger partial charge is 0.353 e. The van der Waals surface area contributed by atoms with E-state index in [9.17, 15) is 13.2 Å². The third-order valence-electron chi connectivity index (χ3n) is 8.26. The standard InChI is InChI=1S/C26H38N4O3S/c1-16(2)30-15-17-13-24-22(21-6-5-7-23(30)25(17)21)12-18(14-29(24)3)26(31)27-19-8-10-20(11-9-19)28-34(4,32)33/h5-7,15-16,18-20,22,24,28H,8-14H2,1-4H3,(H,27,31)/t18-,19?,20?,22-,24-/m1/s1. The van der Waals surface area contributed by atoms with Crippen molar-refractivity contribution in [1.29, 1.82) is 0 Å². The number of carbonyl (C=O) groups excluding carboxylic acids is 1. The van der Waals surface area contributed by atoms with Crippen LogP contribution in [0.4, 0.5) is 0 Å². The molecule has 5 rings (SSSR count). The zero-order chi connectivity index (χ0) is 24.2. The molecule has 2 aromatic rings. The quantitative estimate of drug-likeness (QED) is 0.680. The predicted octanol–water partition coefficient (Wildman–Crippen LogP) is 3.16. The molecule has 2 aliphatic carbocycles. The molecule has 1 aromatic carbocycles. The number of piperidine rings is 1. The van der Waals surface area contributed by atoms with Gasteiger partial charge in [0, 0.05) is 53.7 Å². The summed E-state index contributed by atoms with van der Waals surface area (Å²) in [5.41, 5.74) is 4.16. The normalized spacial score (nSPS) is 29.9. The van der Waals surface area contributed by atoms with Crippen molar-refractivity contribution < 1.29 is 13.2 Å². The van der Waals surface area contributed by atoms with Crippen LogP contribution in [0.1, 0.15) is 69.0 Å². The number of aromatic nitrogens is 1. The average molecular weight is 487 g/mol. The SMILES string of the molecule is CC(C)n1cc2c3c(cccc31)[C@H]1C[C@@H](C(=O)NC3CCC(NS(C)(=O)=O)CC3)CN(C)[C@@H]1C2. The zero-order valence-corrected chi connectivity index (χ0v) is 21.6. The van der Waals surface area contributed by atoms with Crippen LogP contribution in [-0.4, -0.2) is 61.8 Å². The van der Waals surface area contributed by atoms with Gasteiger partial charge in [-0.3, -0.25) is 4.79 Å². The summed E-state index contributed by atoms with van der Waals surface area (Å²) >= 11 is 0. The maximum atomic E-state index is 13.3. The summed E-state index contributed by atoms with van der Waals surface area (Å²) in [4.78, 5) is 15.7. The van der Waals surface area contributed by atoms with Crippen molar-refractivity contribution >= 4 is 26.8 Å². The van der Waals surface area contributed by atoms with Gasteiger partial charge in [-0.25, -0.2) is 13.1 Å². The lowest BCUT2D eigenvalue weighted by molar-refractivity contribution is -0.128. The smallest absolute Gasteiger partial charge is 0.224 e. The third-order valence-corrected chi connectivity index (χ3v) is 9.02. The molecule has 2 heterocycles. The van der Waals surface area contributed by atoms with Gasteiger partial charge in [0.2, 0.25) is 15.9 Å². The molecule has 1 aliphatic heterocycles. The van der Waals surface area contributed by atoms with E-state index in [1.807, 2.05) is 0 Å². The van der Waals surface area contributed by atoms with E-state index < -0.39 is 10.0 Å². The van der Waals surface area contributed by atoms with E-state index in [2.05, 4.69) is 64.8 Å². The number of hydrogen-bond acceptors (Lipinski definition) is 4. The Bertz CT molecular complexity index is 1180. The Hall–Kier alpha value is -1.90. The predicted molar refractivity (Wildman–Crippen MR) is 135 cm³/mol. The van der Waals surface area contributed by atoms with Gasteiger partial charge < -0.3 is 14.8 Å². The molecule has 3 aliphatic rings. The molecule has 186 valence electrons. The Morgan fingerprint density at radius 2 is 1.82 bits per heavy atom. The number of rotatable bonds is 5. The van der Waals surface area contributed by atoms with Crippen molar-refractivity contribution in [2.75, 3.05) is 19.8 Å². The number of likely N-dealkylation sites (N-methyl/N-ethyl adjacent to an activating group) is 1. The van der Waals surface area contributed by atoms with Crippen LogP contribution in [0.2, 0.25) is 0 Å². The fraction of sp³-hybridized carbons (Fsp3) is 0.654. The van der Waals surface area contributed by atoms with Crippen LogP contribution in [0, 0.1) is 5.92 Å². The number of hydrogen-bond donors (Lipinski definition) is 2. The highest BCUT2D eigenvalue weighted by Gasteiger charge is 2.42. The topological polar surface area (TPSA) is 83.4 Å². The molecule has 3 atom stereocenters. The van der Waals surface area contributed by atoms with Gasteiger partial charge in [-0.05, 0) is 76.6 Å². The molecule has 2 N–H and O–H groups in total. The Morgan fingerprint density at radius 1 is 1.12 bits per heavy atom. The van der Waals surface area contributed by atoms with E-state index in [-0.39, 0.29) is 23.9 Å². The second kappa shape index (κ2) is 8.95. The fourth-order valence-corrected chi connectivity index (χ4v) is 7.51. The van der Waals surface area contributed by atoms with Crippen LogP contribution in [-0.2, 0) is 21.2 Å². The van der Waals surface area contributed by atoms with E-state index >= 15 is 0 Å². The first-order valence-electron chi connectivity index (χ1n) is 12.7. The number of benzene rings is 1. The van der Waals surface area contributed by atoms with Gasteiger partial charge in [-0.1, -0.05) is 12.1 Å². The van der Waals surface area contributed by atoms with Crippen LogP contribution in [0.5, 0.6) is 0 Å². The second-order valence-corrected chi connectivity index (χ2v) is 12.9. The van der Waals surface area contributed by atoms with E-state index in [1.54, 1.807) is 0 Å². The number of amides is 1. The highest BCUT2D eigenvalue weighted by molar-refractivity contribution is 7.88. The summed E-state index contributed by atoms with van der Waals surface area (Å²) in [5, 5.41) is 4.71. The molecular weight excluding hydrogens is 448 g/mol. The molecule has 1 saturated heterocycles. The number of sulfonamides is 1. The van der Waals surface area contributed by atoms with Crippen molar-refractivity contribution in [3.63, 3.8) is 0 Å². The maximum absolute atomic E-state index is 13.3. The lowest BCUT2D eigenvalue weighted by Crippen LogP contribution is -2.53. The van der Waals surface area contributed by atoms with E-state index in [4.69, 9.17) is 0 Å². The van der Waals surface area contributed by atoms with Gasteiger partial charge in [0.15, 0.2) is 0 Å². The summed E-state index contributed by atoms with van der Waals surface area (Å²) in [6, 6.07) is 7.66. The molecule has 0 spiro atoms. The maximum Gasteiger partial charge on any atom is 0.224 e. The summed E-state index contributed by atoms with van der Waals surface area (Å²) < 4.78 is 28.1. The monoisotopic (exact) mass is 486 g/mol. The molecule has 8 heteroatoms. The van der Waals surface area contributed by atoms with Crippen molar-refractivity contribution in [3.05, 3.63) is 35.5 Å². The van der Waals surface area contributed by atoms with Crippen LogP contribution >= 0.6 is 0 Å². The number of fused-ring (bicyclic) bond motifs is 2. The van der Waals surface area contributed by atoms with Crippen LogP contribution in [0.3, 0.4) is 0 Å². The van der Waals surface area contributed by atoms with Gasteiger partial charge in [-0.15, -0.1) is 0 Å². The molecule has 0 unspecified atom stereocenters. The second-order valence-electron chi connectivity index (χ2n) is 11.1. The van der Waals surface area contributed by atoms with Crippen LogP contribution in [0.15, 0.2) is 24.4 Å². The lowest BCUT2D eigenvalue weighted by Gasteiger charge is -2.45. The first kappa shape index (κ1) is 23.8. The Labute approximate surface area is 203 Å². The Kier molecular flexibility index (Phi) is 6.27. The highest BCUT2D eigenvalue weighted by atomic mass is 32.2. The van der Waals surface area contributed by atoms with E-state index in [0.29, 0.717) is 18.0 Å². The molecule has 1 aromatic heterocycles. The minimum atomic E-state index is -3.18. The van der Waals surface area contributed by atoms with Gasteiger partial charge in [-0.2, -0.15) is 0 Å². The number of likely N-dealkylation sites (tertiary alicyclic amines) is 1. The first-order chi connectivity index (χ1) is 16.1. The summed E-state index contributed by atoms with van der Waals surface area (Å²) in [7, 11) is -1.01. The first-order valence-corrected chi connectivity index (χ1v) is 14.6. The molecule has 1 amide bonds. The number of nitrogens with zero attached hydrogens (tertiary/aromatic N) is 2. The van der Waals surface area contributed by atoms with Crippen molar-refractivity contribution in [1.82, 2.24) is 19.5 Å². The molecule has 1 saturated carbocycles. The lowest BCUT2D eigenvalue weighted by atomic mass is 9.72. The van der Waals surface area contributed by atoms with Gasteiger partial charge in [0.1, 0.15) is 0 Å². The Balaban J connectivity index is 1.29. The van der Waals surface area contributed by atoms with Crippen molar-refractivity contribution in [2.45, 2.75) is 82.5 Å². The highest BCUT2D eigenvalue weighted by Crippen LogP contribution is 2.45. The van der Waals surface area contributed by atoms with Gasteiger partial charge in [0.25, 0.3) is 0 Å². The van der Waals surface area contributed by atoms with Crippen molar-refractivity contribution in [2.24, 2.45) is 5.92 Å². The number of nitrogens with one attached hydrogen (secondary N) is 2. The average Bonchev–Trinajstić information content (AvgIpc) is 3.15. The van der Waals surface area contributed by atoms with E-state index in [0.717, 1.165) is 45.1 Å². The summed E-state index contributed by atoms with van der Waals surface area (Å²) in [6.45, 7) is 5.25. The minimum Gasteiger partial charge on any atom is -0.353 e. The summed E-state index contributed by atoms with van der Waals surface area (Å²) in [6.07, 6.45) is 8.65. The fourth-order valence-electron chi connectivity index (χ4n) is 6.67. The molecule has 2 fully saturated rings. The van der Waals surface area contributed by atoms with Crippen LogP contribution < -0.4 is 10.0 Å². The van der Waals surface area contributed by atoms with Crippen LogP contribution in [0.25, 0.3) is 10.9 Å². The zero-order valence-electron chi connectivity index (χ0n) is 20.8. The third kappa shape index (κ3) is 4.52. The molecule has 0 bridgehead atoms. The van der Waals surface area contributed by atoms with E-state index in [1.165, 1.54) is 28.3 Å². The van der Waals surface area contributed by atoms with Crippen molar-refractivity contribution in [3.8, 4) is 0 Å². The minimum absolute atomic E-state index is 0.0141. The summed E-state index contributed by atoms with van der Waals surface area (Å²) in [5.74, 6) is 0.494. The molecule has 7 nitrogen and oxygen atoms in total. The molecule has 34 heavy (non-hydrogen) atoms. The number of carbonyl (C=O) groups is 1.